The van der Waals surface area contributed by atoms with E-state index in [1.807, 2.05) is 0 Å². The molecule has 0 N–H and O–H groups in total. The molecule has 2 rings (SSSR count). The van der Waals surface area contributed by atoms with Crippen LogP contribution in [0.5, 0.6) is 5.75 Å². The largest absolute Gasteiger partial charge is 0.573 e. The second-order valence-electron chi connectivity index (χ2n) is 6.17. The topological polar surface area (TPSA) is 76.2 Å². The quantitative estimate of drug-likeness (QED) is 0.596. The van der Waals surface area contributed by atoms with Crippen molar-refractivity contribution < 1.29 is 35.9 Å². The highest BCUT2D eigenvalue weighted by molar-refractivity contribution is 7.89. The highest BCUT2D eigenvalue weighted by Gasteiger charge is 2.32. The van der Waals surface area contributed by atoms with E-state index in [0.29, 0.717) is 39.1 Å². The smallest absolute Gasteiger partial charge is 0.466 e. The van der Waals surface area contributed by atoms with Gasteiger partial charge in [0.25, 0.3) is 0 Å². The summed E-state index contributed by atoms with van der Waals surface area (Å²) in [6, 6.07) is 4.16. The fourth-order valence-electron chi connectivity index (χ4n) is 2.84. The Balaban J connectivity index is 1.86. The Labute approximate surface area is 162 Å². The molecule has 1 heterocycles. The maximum Gasteiger partial charge on any atom is 0.573 e. The number of nitrogens with zero attached hydrogens (tertiary/aromatic N) is 2. The fourth-order valence-corrected chi connectivity index (χ4v) is 4.26. The number of hydrogen-bond donors (Lipinski definition) is 0. The zero-order chi connectivity index (χ0) is 20.8. The van der Waals surface area contributed by atoms with Crippen molar-refractivity contribution in [2.24, 2.45) is 0 Å². The Morgan fingerprint density at radius 1 is 1.11 bits per heavy atom. The summed E-state index contributed by atoms with van der Waals surface area (Å²) in [5, 5.41) is 0. The molecule has 1 fully saturated rings. The summed E-state index contributed by atoms with van der Waals surface area (Å²) >= 11 is 0. The third-order valence-corrected chi connectivity index (χ3v) is 6.10. The van der Waals surface area contributed by atoms with Gasteiger partial charge in [-0.3, -0.25) is 4.79 Å². The van der Waals surface area contributed by atoms with E-state index in [4.69, 9.17) is 4.74 Å². The van der Waals surface area contributed by atoms with Gasteiger partial charge in [-0.15, -0.1) is 13.2 Å². The van der Waals surface area contributed by atoms with Gasteiger partial charge in [0.15, 0.2) is 0 Å². The number of carbonyl (C=O) groups excluding carboxylic acids is 1. The molecular weight excluding hydrogens is 401 g/mol. The number of alkyl halides is 3. The van der Waals surface area contributed by atoms with Crippen molar-refractivity contribution >= 4 is 16.0 Å². The number of benzene rings is 1. The molecule has 0 atom stereocenters. The van der Waals surface area contributed by atoms with Crippen molar-refractivity contribution in [3.05, 3.63) is 24.3 Å². The van der Waals surface area contributed by atoms with Crippen molar-refractivity contribution in [2.45, 2.75) is 31.0 Å². The number of esters is 1. The Morgan fingerprint density at radius 2 is 1.71 bits per heavy atom. The highest BCUT2D eigenvalue weighted by atomic mass is 32.2. The van der Waals surface area contributed by atoms with Crippen LogP contribution in [0.4, 0.5) is 13.2 Å². The number of sulfonamides is 1. The first-order valence-electron chi connectivity index (χ1n) is 8.86. The maximum absolute atomic E-state index is 12.6. The summed E-state index contributed by atoms with van der Waals surface area (Å²) in [5.74, 6) is -0.723. The second kappa shape index (κ2) is 9.57. The zero-order valence-corrected chi connectivity index (χ0v) is 16.3. The van der Waals surface area contributed by atoms with Gasteiger partial charge in [0.05, 0.1) is 11.5 Å². The monoisotopic (exact) mass is 424 g/mol. The molecule has 1 aliphatic rings. The Bertz CT molecular complexity index is 745. The minimum absolute atomic E-state index is 0.0854. The molecule has 0 aromatic heterocycles. The van der Waals surface area contributed by atoms with Crippen molar-refractivity contribution in [2.75, 3.05) is 39.3 Å². The molecule has 1 aromatic carbocycles. The van der Waals surface area contributed by atoms with Crippen LogP contribution in [0, 0.1) is 0 Å². The second-order valence-corrected chi connectivity index (χ2v) is 8.11. The molecular formula is C17H23F3N2O5S. The molecule has 0 saturated carbocycles. The van der Waals surface area contributed by atoms with Crippen LogP contribution in [-0.2, 0) is 19.6 Å². The van der Waals surface area contributed by atoms with E-state index in [2.05, 4.69) is 9.64 Å². The predicted molar refractivity (Wildman–Crippen MR) is 94.2 cm³/mol. The highest BCUT2D eigenvalue weighted by Crippen LogP contribution is 2.25. The van der Waals surface area contributed by atoms with E-state index < -0.39 is 22.1 Å². The van der Waals surface area contributed by atoms with Crippen LogP contribution in [0.1, 0.15) is 19.8 Å². The lowest BCUT2D eigenvalue weighted by atomic mass is 10.2. The van der Waals surface area contributed by atoms with Crippen molar-refractivity contribution in [3.8, 4) is 5.75 Å². The number of hydrogen-bond acceptors (Lipinski definition) is 6. The lowest BCUT2D eigenvalue weighted by Gasteiger charge is -2.33. The third kappa shape index (κ3) is 6.64. The molecule has 158 valence electrons. The summed E-state index contributed by atoms with van der Waals surface area (Å²) in [4.78, 5) is 13.3. The average molecular weight is 424 g/mol. The van der Waals surface area contributed by atoms with Gasteiger partial charge >= 0.3 is 12.3 Å². The molecule has 0 bridgehead atoms. The standard InChI is InChI=1S/C17H23F3N2O5S/c1-2-26-16(23)4-3-9-21-10-12-22(13-11-21)28(24,25)15-7-5-14(6-8-15)27-17(18,19)20/h5-8H,2-4,9-13H2,1H3. The molecule has 11 heteroatoms. The van der Waals surface area contributed by atoms with Crippen molar-refractivity contribution in [3.63, 3.8) is 0 Å². The Morgan fingerprint density at radius 3 is 2.25 bits per heavy atom. The van der Waals surface area contributed by atoms with E-state index >= 15 is 0 Å². The minimum Gasteiger partial charge on any atom is -0.466 e. The molecule has 1 aromatic rings. The molecule has 0 spiro atoms. The molecule has 1 aliphatic heterocycles. The first kappa shape index (κ1) is 22.4. The van der Waals surface area contributed by atoms with Gasteiger partial charge in [0.2, 0.25) is 10.0 Å². The summed E-state index contributed by atoms with van der Waals surface area (Å²) in [6.45, 7) is 4.31. The van der Waals surface area contributed by atoms with Crippen LogP contribution in [0.15, 0.2) is 29.2 Å². The SMILES string of the molecule is CCOC(=O)CCCN1CCN(S(=O)(=O)c2ccc(OC(F)(F)F)cc2)CC1. The van der Waals surface area contributed by atoms with Gasteiger partial charge in [-0.2, -0.15) is 4.31 Å². The summed E-state index contributed by atoms with van der Waals surface area (Å²) in [6.07, 6.45) is -3.88. The Hall–Kier alpha value is -1.85. The van der Waals surface area contributed by atoms with Gasteiger partial charge in [-0.1, -0.05) is 0 Å². The van der Waals surface area contributed by atoms with Gasteiger partial charge < -0.3 is 14.4 Å². The maximum atomic E-state index is 12.6. The van der Waals surface area contributed by atoms with E-state index in [1.165, 1.54) is 4.31 Å². The van der Waals surface area contributed by atoms with Crippen LogP contribution < -0.4 is 4.74 Å². The summed E-state index contributed by atoms with van der Waals surface area (Å²) in [5.41, 5.74) is 0. The number of carbonyl (C=O) groups is 1. The number of ether oxygens (including phenoxy) is 2. The first-order valence-corrected chi connectivity index (χ1v) is 10.3. The van der Waals surface area contributed by atoms with Gasteiger partial charge in [-0.25, -0.2) is 8.42 Å². The van der Waals surface area contributed by atoms with Crippen LogP contribution in [0.3, 0.4) is 0 Å². The summed E-state index contributed by atoms with van der Waals surface area (Å²) < 4.78 is 71.8. The molecule has 28 heavy (non-hydrogen) atoms. The summed E-state index contributed by atoms with van der Waals surface area (Å²) in [7, 11) is -3.79. The van der Waals surface area contributed by atoms with E-state index in [1.54, 1.807) is 6.92 Å². The lowest BCUT2D eigenvalue weighted by Crippen LogP contribution is -2.48. The average Bonchev–Trinajstić information content (AvgIpc) is 2.61. The number of rotatable bonds is 8. The number of piperazine rings is 1. The van der Waals surface area contributed by atoms with E-state index in [9.17, 15) is 26.4 Å². The van der Waals surface area contributed by atoms with Gasteiger partial charge in [-0.05, 0) is 44.2 Å². The molecule has 0 radical (unpaired) electrons. The van der Waals surface area contributed by atoms with Crippen LogP contribution in [0.25, 0.3) is 0 Å². The van der Waals surface area contributed by atoms with Crippen LogP contribution >= 0.6 is 0 Å². The van der Waals surface area contributed by atoms with Gasteiger partial charge in [0.1, 0.15) is 5.75 Å². The van der Waals surface area contributed by atoms with E-state index in [0.717, 1.165) is 24.3 Å². The van der Waals surface area contributed by atoms with Gasteiger partial charge in [0, 0.05) is 32.6 Å². The number of halogens is 3. The molecule has 0 amide bonds. The predicted octanol–water partition coefficient (Wildman–Crippen LogP) is 2.23. The fraction of sp³-hybridized carbons (Fsp3) is 0.588. The van der Waals surface area contributed by atoms with E-state index in [-0.39, 0.29) is 24.0 Å². The lowest BCUT2D eigenvalue weighted by molar-refractivity contribution is -0.274. The zero-order valence-electron chi connectivity index (χ0n) is 15.4. The molecule has 0 aliphatic carbocycles. The minimum atomic E-state index is -4.83. The molecule has 7 nitrogen and oxygen atoms in total. The van der Waals surface area contributed by atoms with Crippen molar-refractivity contribution in [1.29, 1.82) is 0 Å². The molecule has 0 unspecified atom stereocenters. The third-order valence-electron chi connectivity index (χ3n) is 4.19. The van der Waals surface area contributed by atoms with Crippen LogP contribution in [-0.4, -0.2) is 69.3 Å². The van der Waals surface area contributed by atoms with Crippen molar-refractivity contribution in [1.82, 2.24) is 9.21 Å². The van der Waals surface area contributed by atoms with Crippen LogP contribution in [0.2, 0.25) is 0 Å². The molecule has 1 saturated heterocycles. The first-order chi connectivity index (χ1) is 13.1. The normalized spacial score (nSPS) is 16.7. The Kier molecular flexibility index (Phi) is 7.67.